The van der Waals surface area contributed by atoms with Gasteiger partial charge in [-0.2, -0.15) is 0 Å². The lowest BCUT2D eigenvalue weighted by Crippen LogP contribution is -2.14. The molecule has 0 N–H and O–H groups in total. The number of aryl methyl sites for hydroxylation is 1. The summed E-state index contributed by atoms with van der Waals surface area (Å²) in [6.07, 6.45) is 3.47. The lowest BCUT2D eigenvalue weighted by Gasteiger charge is -2.23. The van der Waals surface area contributed by atoms with E-state index in [1.54, 1.807) is 6.92 Å². The molecular weight excluding hydrogens is 172 g/mol. The van der Waals surface area contributed by atoms with Gasteiger partial charge in [0.1, 0.15) is 0 Å². The fourth-order valence-corrected chi connectivity index (χ4v) is 2.29. The van der Waals surface area contributed by atoms with Crippen LogP contribution in [0, 0.1) is 5.92 Å². The molecule has 0 saturated carbocycles. The molecule has 0 spiro atoms. The zero-order chi connectivity index (χ0) is 10.1. The molecule has 1 atom stereocenters. The summed E-state index contributed by atoms with van der Waals surface area (Å²) in [6, 6.07) is 6.12. The Labute approximate surface area is 85.1 Å². The number of hydrogen-bond donors (Lipinski definition) is 0. The Morgan fingerprint density at radius 3 is 2.93 bits per heavy atom. The van der Waals surface area contributed by atoms with Crippen molar-refractivity contribution < 1.29 is 4.79 Å². The van der Waals surface area contributed by atoms with Gasteiger partial charge in [0, 0.05) is 5.56 Å². The standard InChI is InChI=1S/C13H16O/c1-9-6-7-11-4-3-5-12(10(2)14)13(11)8-9/h3-5,9H,6-8H2,1-2H3. The fourth-order valence-electron chi connectivity index (χ4n) is 2.29. The van der Waals surface area contributed by atoms with E-state index in [4.69, 9.17) is 0 Å². The van der Waals surface area contributed by atoms with Crippen molar-refractivity contribution in [2.45, 2.75) is 33.1 Å². The quantitative estimate of drug-likeness (QED) is 0.619. The SMILES string of the molecule is CC(=O)c1cccc2c1CC(C)CC2. The maximum absolute atomic E-state index is 11.4. The third kappa shape index (κ3) is 1.59. The summed E-state index contributed by atoms with van der Waals surface area (Å²) in [6.45, 7) is 3.93. The Kier molecular flexibility index (Phi) is 2.40. The first-order valence-electron chi connectivity index (χ1n) is 5.30. The number of carbonyl (C=O) groups is 1. The summed E-state index contributed by atoms with van der Waals surface area (Å²) >= 11 is 0. The highest BCUT2D eigenvalue weighted by molar-refractivity contribution is 5.95. The minimum Gasteiger partial charge on any atom is -0.295 e. The summed E-state index contributed by atoms with van der Waals surface area (Å²) < 4.78 is 0. The second-order valence-corrected chi connectivity index (χ2v) is 4.35. The van der Waals surface area contributed by atoms with Crippen LogP contribution < -0.4 is 0 Å². The van der Waals surface area contributed by atoms with Crippen LogP contribution in [0.1, 0.15) is 41.8 Å². The van der Waals surface area contributed by atoms with E-state index in [1.165, 1.54) is 17.5 Å². The van der Waals surface area contributed by atoms with Crippen molar-refractivity contribution in [2.75, 3.05) is 0 Å². The molecule has 1 aromatic carbocycles. The number of Topliss-reactive ketones (excluding diaryl/α,β-unsaturated/α-hetero) is 1. The third-order valence-electron chi connectivity index (χ3n) is 3.11. The van der Waals surface area contributed by atoms with E-state index in [0.29, 0.717) is 0 Å². The lowest BCUT2D eigenvalue weighted by molar-refractivity contribution is 0.101. The first-order valence-corrected chi connectivity index (χ1v) is 5.30. The molecule has 0 amide bonds. The molecule has 1 aliphatic rings. The average molecular weight is 188 g/mol. The maximum Gasteiger partial charge on any atom is 0.160 e. The van der Waals surface area contributed by atoms with E-state index in [2.05, 4.69) is 13.0 Å². The molecular formula is C13H16O. The van der Waals surface area contributed by atoms with Gasteiger partial charge in [-0.1, -0.05) is 25.1 Å². The van der Waals surface area contributed by atoms with Crippen molar-refractivity contribution >= 4 is 5.78 Å². The molecule has 1 heteroatoms. The van der Waals surface area contributed by atoms with Crippen molar-refractivity contribution in [3.05, 3.63) is 34.9 Å². The van der Waals surface area contributed by atoms with E-state index in [0.717, 1.165) is 24.3 Å². The summed E-state index contributed by atoms with van der Waals surface area (Å²) in [5, 5.41) is 0. The second-order valence-electron chi connectivity index (χ2n) is 4.35. The highest BCUT2D eigenvalue weighted by Crippen LogP contribution is 2.27. The summed E-state index contributed by atoms with van der Waals surface area (Å²) in [5.41, 5.74) is 3.63. The molecule has 2 rings (SSSR count). The second kappa shape index (κ2) is 3.56. The largest absolute Gasteiger partial charge is 0.295 e. The Bertz CT molecular complexity index is 365. The minimum absolute atomic E-state index is 0.205. The molecule has 0 heterocycles. The van der Waals surface area contributed by atoms with Crippen molar-refractivity contribution in [1.82, 2.24) is 0 Å². The van der Waals surface area contributed by atoms with Crippen LogP contribution in [0.3, 0.4) is 0 Å². The monoisotopic (exact) mass is 188 g/mol. The van der Waals surface area contributed by atoms with Gasteiger partial charge in [0.2, 0.25) is 0 Å². The van der Waals surface area contributed by atoms with Crippen LogP contribution in [0.5, 0.6) is 0 Å². The van der Waals surface area contributed by atoms with Gasteiger partial charge in [0.05, 0.1) is 0 Å². The van der Waals surface area contributed by atoms with Crippen LogP contribution >= 0.6 is 0 Å². The molecule has 74 valence electrons. The highest BCUT2D eigenvalue weighted by Gasteiger charge is 2.18. The van der Waals surface area contributed by atoms with Gasteiger partial charge in [-0.25, -0.2) is 0 Å². The molecule has 14 heavy (non-hydrogen) atoms. The fraction of sp³-hybridized carbons (Fsp3) is 0.462. The van der Waals surface area contributed by atoms with E-state index in [1.807, 2.05) is 12.1 Å². The topological polar surface area (TPSA) is 17.1 Å². The average Bonchev–Trinajstić information content (AvgIpc) is 2.16. The molecule has 0 aliphatic heterocycles. The van der Waals surface area contributed by atoms with Gasteiger partial charge in [-0.3, -0.25) is 4.79 Å². The Morgan fingerprint density at radius 1 is 1.43 bits per heavy atom. The van der Waals surface area contributed by atoms with Gasteiger partial charge in [-0.15, -0.1) is 0 Å². The Hall–Kier alpha value is -1.11. The summed E-state index contributed by atoms with van der Waals surface area (Å²) in [4.78, 5) is 11.4. The molecule has 1 aliphatic carbocycles. The molecule has 1 nitrogen and oxygen atoms in total. The van der Waals surface area contributed by atoms with Crippen LogP contribution in [0.25, 0.3) is 0 Å². The maximum atomic E-state index is 11.4. The van der Waals surface area contributed by atoms with Crippen LogP contribution in [0.2, 0.25) is 0 Å². The van der Waals surface area contributed by atoms with Crippen LogP contribution in [-0.4, -0.2) is 5.78 Å². The number of ketones is 1. The van der Waals surface area contributed by atoms with Crippen LogP contribution in [0.15, 0.2) is 18.2 Å². The summed E-state index contributed by atoms with van der Waals surface area (Å²) in [5.74, 6) is 0.930. The number of fused-ring (bicyclic) bond motifs is 1. The van der Waals surface area contributed by atoms with Gasteiger partial charge in [-0.05, 0) is 43.2 Å². The van der Waals surface area contributed by atoms with Gasteiger partial charge in [0.25, 0.3) is 0 Å². The van der Waals surface area contributed by atoms with Crippen molar-refractivity contribution in [3.63, 3.8) is 0 Å². The zero-order valence-electron chi connectivity index (χ0n) is 8.84. The van der Waals surface area contributed by atoms with Crippen molar-refractivity contribution in [1.29, 1.82) is 0 Å². The smallest absolute Gasteiger partial charge is 0.160 e. The highest BCUT2D eigenvalue weighted by atomic mass is 16.1. The first-order chi connectivity index (χ1) is 6.68. The predicted molar refractivity (Wildman–Crippen MR) is 57.6 cm³/mol. The number of rotatable bonds is 1. The zero-order valence-corrected chi connectivity index (χ0v) is 8.84. The van der Waals surface area contributed by atoms with Crippen molar-refractivity contribution in [3.8, 4) is 0 Å². The molecule has 0 saturated heterocycles. The minimum atomic E-state index is 0.205. The molecule has 0 bridgehead atoms. The van der Waals surface area contributed by atoms with E-state index < -0.39 is 0 Å². The lowest BCUT2D eigenvalue weighted by atomic mass is 9.82. The van der Waals surface area contributed by atoms with E-state index in [-0.39, 0.29) is 5.78 Å². The molecule has 1 aromatic rings. The summed E-state index contributed by atoms with van der Waals surface area (Å²) in [7, 11) is 0. The first kappa shape index (κ1) is 9.45. The van der Waals surface area contributed by atoms with Gasteiger partial charge in [0.15, 0.2) is 5.78 Å². The van der Waals surface area contributed by atoms with E-state index in [9.17, 15) is 4.79 Å². The van der Waals surface area contributed by atoms with Crippen molar-refractivity contribution in [2.24, 2.45) is 5.92 Å². The number of carbonyl (C=O) groups excluding carboxylic acids is 1. The molecule has 0 aromatic heterocycles. The Balaban J connectivity index is 2.48. The Morgan fingerprint density at radius 2 is 2.21 bits per heavy atom. The van der Waals surface area contributed by atoms with E-state index >= 15 is 0 Å². The van der Waals surface area contributed by atoms with Crippen LogP contribution in [-0.2, 0) is 12.8 Å². The number of benzene rings is 1. The molecule has 1 unspecified atom stereocenters. The van der Waals surface area contributed by atoms with Crippen LogP contribution in [0.4, 0.5) is 0 Å². The number of hydrogen-bond acceptors (Lipinski definition) is 1. The van der Waals surface area contributed by atoms with Gasteiger partial charge < -0.3 is 0 Å². The third-order valence-corrected chi connectivity index (χ3v) is 3.11. The van der Waals surface area contributed by atoms with Gasteiger partial charge >= 0.3 is 0 Å². The molecule has 0 fully saturated rings. The normalized spacial score (nSPS) is 20.3. The molecule has 0 radical (unpaired) electrons. The predicted octanol–water partition coefficient (Wildman–Crippen LogP) is 3.01.